The number of carbonyl (C=O) groups is 1. The quantitative estimate of drug-likeness (QED) is 0.634. The minimum Gasteiger partial charge on any atom is -0.351 e. The zero-order valence-electron chi connectivity index (χ0n) is 6.73. The lowest BCUT2D eigenvalue weighted by atomic mass is 10.1. The fraction of sp³-hybridized carbons (Fsp3) is 0.222. The summed E-state index contributed by atoms with van der Waals surface area (Å²) in [6.45, 7) is 0.419. The molecule has 0 aromatic heterocycles. The molecule has 3 heteroatoms. The highest BCUT2D eigenvalue weighted by Crippen LogP contribution is 2.09. The average molecular weight is 164 g/mol. The lowest BCUT2D eigenvalue weighted by molar-refractivity contribution is -0.110. The van der Waals surface area contributed by atoms with Gasteiger partial charge in [-0.05, 0) is 5.56 Å². The molecular weight excluding hydrogens is 152 g/mol. The fourth-order valence-corrected chi connectivity index (χ4v) is 1.07. The zero-order chi connectivity index (χ0) is 8.81. The predicted octanol–water partition coefficient (Wildman–Crippen LogP) is 0.432. The van der Waals surface area contributed by atoms with Crippen LogP contribution in [-0.4, -0.2) is 13.0 Å². The van der Waals surface area contributed by atoms with Crippen LogP contribution in [0, 0.1) is 0 Å². The van der Waals surface area contributed by atoms with Gasteiger partial charge < -0.3 is 11.1 Å². The summed E-state index contributed by atoms with van der Waals surface area (Å²) in [4.78, 5) is 10.2. The highest BCUT2D eigenvalue weighted by atomic mass is 16.1. The van der Waals surface area contributed by atoms with Crippen molar-refractivity contribution in [1.29, 1.82) is 0 Å². The molecule has 1 amide bonds. The zero-order valence-corrected chi connectivity index (χ0v) is 6.73. The largest absolute Gasteiger partial charge is 0.351 e. The Bertz CT molecular complexity index is 236. The number of hydrogen-bond donors (Lipinski definition) is 2. The second kappa shape index (κ2) is 4.51. The molecule has 0 aliphatic heterocycles. The first kappa shape index (κ1) is 8.74. The van der Waals surface area contributed by atoms with Gasteiger partial charge in [-0.1, -0.05) is 30.3 Å². The first-order chi connectivity index (χ1) is 5.88. The summed E-state index contributed by atoms with van der Waals surface area (Å²) in [6, 6.07) is 9.58. The second-order valence-corrected chi connectivity index (χ2v) is 2.48. The Morgan fingerprint density at radius 1 is 1.42 bits per heavy atom. The molecule has 0 saturated carbocycles. The highest BCUT2D eigenvalue weighted by Gasteiger charge is 2.05. The molecule has 1 aromatic carbocycles. The van der Waals surface area contributed by atoms with E-state index >= 15 is 0 Å². The van der Waals surface area contributed by atoms with E-state index in [-0.39, 0.29) is 6.04 Å². The van der Waals surface area contributed by atoms with Gasteiger partial charge in [0.15, 0.2) is 0 Å². The van der Waals surface area contributed by atoms with Crippen LogP contribution in [0.5, 0.6) is 0 Å². The van der Waals surface area contributed by atoms with Gasteiger partial charge in [-0.3, -0.25) is 4.79 Å². The Morgan fingerprint density at radius 2 is 2.08 bits per heavy atom. The van der Waals surface area contributed by atoms with Crippen LogP contribution in [-0.2, 0) is 4.79 Å². The SMILES string of the molecule is NC[C@@H](NC=O)c1ccccc1. The van der Waals surface area contributed by atoms with Crippen LogP contribution in [0.4, 0.5) is 0 Å². The van der Waals surface area contributed by atoms with Crippen molar-refractivity contribution in [3.63, 3.8) is 0 Å². The van der Waals surface area contributed by atoms with Crippen LogP contribution in [0.1, 0.15) is 11.6 Å². The molecule has 0 saturated heterocycles. The Morgan fingerprint density at radius 3 is 2.58 bits per heavy atom. The van der Waals surface area contributed by atoms with E-state index in [0.717, 1.165) is 5.56 Å². The smallest absolute Gasteiger partial charge is 0.207 e. The van der Waals surface area contributed by atoms with Crippen LogP contribution >= 0.6 is 0 Å². The molecule has 0 aliphatic rings. The van der Waals surface area contributed by atoms with Gasteiger partial charge in [-0.2, -0.15) is 0 Å². The monoisotopic (exact) mass is 164 g/mol. The molecule has 1 atom stereocenters. The van der Waals surface area contributed by atoms with Crippen LogP contribution in [0.25, 0.3) is 0 Å². The molecule has 3 nitrogen and oxygen atoms in total. The summed E-state index contributed by atoms with van der Waals surface area (Å²) in [7, 11) is 0. The number of benzene rings is 1. The fourth-order valence-electron chi connectivity index (χ4n) is 1.07. The molecule has 0 heterocycles. The van der Waals surface area contributed by atoms with Gasteiger partial charge in [0.05, 0.1) is 6.04 Å². The molecule has 12 heavy (non-hydrogen) atoms. The normalized spacial score (nSPS) is 12.1. The number of amides is 1. The summed E-state index contributed by atoms with van der Waals surface area (Å²) in [5, 5.41) is 2.64. The third kappa shape index (κ3) is 2.07. The van der Waals surface area contributed by atoms with Crippen molar-refractivity contribution >= 4 is 6.41 Å². The van der Waals surface area contributed by atoms with E-state index in [1.165, 1.54) is 0 Å². The molecule has 1 rings (SSSR count). The predicted molar refractivity (Wildman–Crippen MR) is 47.4 cm³/mol. The van der Waals surface area contributed by atoms with Gasteiger partial charge in [0.1, 0.15) is 0 Å². The third-order valence-electron chi connectivity index (χ3n) is 1.71. The third-order valence-corrected chi connectivity index (χ3v) is 1.71. The first-order valence-electron chi connectivity index (χ1n) is 3.83. The van der Waals surface area contributed by atoms with Gasteiger partial charge in [0.2, 0.25) is 6.41 Å². The lowest BCUT2D eigenvalue weighted by Gasteiger charge is -2.13. The van der Waals surface area contributed by atoms with E-state index < -0.39 is 0 Å². The van der Waals surface area contributed by atoms with Crippen molar-refractivity contribution in [2.24, 2.45) is 5.73 Å². The highest BCUT2D eigenvalue weighted by molar-refractivity contribution is 5.47. The molecule has 64 valence electrons. The maximum Gasteiger partial charge on any atom is 0.207 e. The van der Waals surface area contributed by atoms with Gasteiger partial charge >= 0.3 is 0 Å². The molecule has 0 fully saturated rings. The van der Waals surface area contributed by atoms with Crippen molar-refractivity contribution in [1.82, 2.24) is 5.32 Å². The number of rotatable bonds is 4. The van der Waals surface area contributed by atoms with E-state index in [1.807, 2.05) is 30.3 Å². The van der Waals surface area contributed by atoms with E-state index in [1.54, 1.807) is 0 Å². The molecule has 0 radical (unpaired) electrons. The number of hydrogen-bond acceptors (Lipinski definition) is 2. The Labute approximate surface area is 71.6 Å². The average Bonchev–Trinajstić information content (AvgIpc) is 2.15. The molecule has 0 aliphatic carbocycles. The molecule has 0 bridgehead atoms. The van der Waals surface area contributed by atoms with E-state index in [4.69, 9.17) is 5.73 Å². The summed E-state index contributed by atoms with van der Waals surface area (Å²) < 4.78 is 0. The van der Waals surface area contributed by atoms with Crippen molar-refractivity contribution in [2.75, 3.05) is 6.54 Å². The summed E-state index contributed by atoms with van der Waals surface area (Å²) in [5.41, 5.74) is 6.50. The summed E-state index contributed by atoms with van der Waals surface area (Å²) in [5.74, 6) is 0. The number of nitrogens with two attached hydrogens (primary N) is 1. The van der Waals surface area contributed by atoms with Crippen molar-refractivity contribution in [3.8, 4) is 0 Å². The van der Waals surface area contributed by atoms with E-state index in [0.29, 0.717) is 13.0 Å². The Kier molecular flexibility index (Phi) is 3.29. The van der Waals surface area contributed by atoms with Gasteiger partial charge in [-0.15, -0.1) is 0 Å². The maximum absolute atomic E-state index is 10.2. The van der Waals surface area contributed by atoms with Crippen LogP contribution in [0.2, 0.25) is 0 Å². The Hall–Kier alpha value is -1.35. The molecule has 1 aromatic rings. The van der Waals surface area contributed by atoms with Gasteiger partial charge in [-0.25, -0.2) is 0 Å². The standard InChI is InChI=1S/C9H12N2O/c10-6-9(11-7-12)8-4-2-1-3-5-8/h1-5,7,9H,6,10H2,(H,11,12)/t9-/m1/s1. The van der Waals surface area contributed by atoms with Gasteiger partial charge in [0, 0.05) is 6.54 Å². The topological polar surface area (TPSA) is 55.1 Å². The van der Waals surface area contributed by atoms with Gasteiger partial charge in [0.25, 0.3) is 0 Å². The molecule has 3 N–H and O–H groups in total. The number of nitrogens with one attached hydrogen (secondary N) is 1. The van der Waals surface area contributed by atoms with Crippen molar-refractivity contribution < 1.29 is 4.79 Å². The molecule has 0 unspecified atom stereocenters. The van der Waals surface area contributed by atoms with Crippen LogP contribution < -0.4 is 11.1 Å². The second-order valence-electron chi connectivity index (χ2n) is 2.48. The van der Waals surface area contributed by atoms with Crippen molar-refractivity contribution in [2.45, 2.75) is 6.04 Å². The Balaban J connectivity index is 2.72. The number of carbonyl (C=O) groups excluding carboxylic acids is 1. The van der Waals surface area contributed by atoms with E-state index in [9.17, 15) is 4.79 Å². The minimum absolute atomic E-state index is 0.0660. The van der Waals surface area contributed by atoms with Crippen LogP contribution in [0.15, 0.2) is 30.3 Å². The summed E-state index contributed by atoms with van der Waals surface area (Å²) >= 11 is 0. The van der Waals surface area contributed by atoms with Crippen molar-refractivity contribution in [3.05, 3.63) is 35.9 Å². The minimum atomic E-state index is -0.0660. The lowest BCUT2D eigenvalue weighted by Crippen LogP contribution is -2.26. The molecule has 0 spiro atoms. The summed E-state index contributed by atoms with van der Waals surface area (Å²) in [6.07, 6.45) is 0.671. The van der Waals surface area contributed by atoms with E-state index in [2.05, 4.69) is 5.32 Å². The maximum atomic E-state index is 10.2. The first-order valence-corrected chi connectivity index (χ1v) is 3.83. The van der Waals surface area contributed by atoms with Crippen LogP contribution in [0.3, 0.4) is 0 Å². The molecular formula is C9H12N2O.